The molecule has 0 saturated heterocycles. The second-order valence-electron chi connectivity index (χ2n) is 14.4. The predicted octanol–water partition coefficient (Wildman–Crippen LogP) is 14.8. The van der Waals surface area contributed by atoms with E-state index in [9.17, 15) is 0 Å². The van der Waals surface area contributed by atoms with E-state index in [0.717, 1.165) is 44.5 Å². The summed E-state index contributed by atoms with van der Waals surface area (Å²) in [5, 5.41) is 17.0. The van der Waals surface area contributed by atoms with E-state index in [1.165, 1.54) is 66.3 Å². The molecule has 0 bridgehead atoms. The first-order valence-corrected chi connectivity index (χ1v) is 19.2. The molecule has 0 saturated carbocycles. The van der Waals surface area contributed by atoms with Gasteiger partial charge in [-0.2, -0.15) is 0 Å². The van der Waals surface area contributed by atoms with Gasteiger partial charge in [0.15, 0.2) is 0 Å². The van der Waals surface area contributed by atoms with Crippen molar-refractivity contribution in [2.45, 2.75) is 6.92 Å². The van der Waals surface area contributed by atoms with E-state index in [1.807, 2.05) is 19.1 Å². The lowest BCUT2D eigenvalue weighted by Gasteiger charge is -2.18. The van der Waals surface area contributed by atoms with E-state index >= 15 is 0 Å². The van der Waals surface area contributed by atoms with E-state index in [4.69, 9.17) is 5.41 Å². The summed E-state index contributed by atoms with van der Waals surface area (Å²) >= 11 is 0. The topological polar surface area (TPSA) is 28.8 Å². The number of benzene rings is 9. The Balaban J connectivity index is 1.10. The molecule has 264 valence electrons. The van der Waals surface area contributed by atoms with Gasteiger partial charge in [0.1, 0.15) is 0 Å². The number of hydrogen-bond acceptors (Lipinski definition) is 1. The molecule has 10 aromatic rings. The SMILES string of the molecule is C/C=C\c1c(C=N)c2cc(-c3cccc(-c4cccc(-c5c6ccccc6c(-c6ccc7ccccc7c6)c6ccccc56)c4)c3)ccc2n1-c1ccccc1. The fraction of sp³-hybridized carbons (Fsp3) is 0.0185. The zero-order chi connectivity index (χ0) is 37.6. The molecule has 10 rings (SSSR count). The fourth-order valence-electron chi connectivity index (χ4n) is 8.67. The molecule has 2 nitrogen and oxygen atoms in total. The Morgan fingerprint density at radius 2 is 0.911 bits per heavy atom. The van der Waals surface area contributed by atoms with Crippen LogP contribution in [0.4, 0.5) is 0 Å². The van der Waals surface area contributed by atoms with Crippen LogP contribution in [0.5, 0.6) is 0 Å². The van der Waals surface area contributed by atoms with Gasteiger partial charge < -0.3 is 9.98 Å². The van der Waals surface area contributed by atoms with Crippen LogP contribution in [0.15, 0.2) is 194 Å². The first-order valence-electron chi connectivity index (χ1n) is 19.2. The maximum atomic E-state index is 8.45. The molecule has 0 spiro atoms. The number of allylic oxidation sites excluding steroid dienone is 1. The quantitative estimate of drug-likeness (QED) is 0.126. The summed E-state index contributed by atoms with van der Waals surface area (Å²) in [6.07, 6.45) is 5.64. The molecule has 1 heterocycles. The molecule has 0 aliphatic heterocycles. The lowest BCUT2D eigenvalue weighted by Crippen LogP contribution is -1.97. The molecule has 56 heavy (non-hydrogen) atoms. The molecule has 2 heteroatoms. The molecule has 0 aliphatic rings. The highest BCUT2D eigenvalue weighted by Crippen LogP contribution is 2.45. The molecule has 0 unspecified atom stereocenters. The van der Waals surface area contributed by atoms with Gasteiger partial charge in [-0.3, -0.25) is 0 Å². The Labute approximate surface area is 326 Å². The van der Waals surface area contributed by atoms with Gasteiger partial charge in [-0.05, 0) is 132 Å². The second-order valence-corrected chi connectivity index (χ2v) is 14.4. The monoisotopic (exact) mass is 714 g/mol. The Morgan fingerprint density at radius 3 is 1.52 bits per heavy atom. The average Bonchev–Trinajstić information content (AvgIpc) is 3.58. The van der Waals surface area contributed by atoms with Crippen LogP contribution in [0, 0.1) is 5.41 Å². The third-order valence-corrected chi connectivity index (χ3v) is 11.2. The highest BCUT2D eigenvalue weighted by Gasteiger charge is 2.19. The summed E-state index contributed by atoms with van der Waals surface area (Å²) in [5.74, 6) is 0. The van der Waals surface area contributed by atoms with Crippen molar-refractivity contribution in [1.29, 1.82) is 5.41 Å². The summed E-state index contributed by atoms with van der Waals surface area (Å²) in [6, 6.07) is 68.1. The third kappa shape index (κ3) is 5.54. The van der Waals surface area contributed by atoms with Gasteiger partial charge in [0.05, 0.1) is 11.2 Å². The molecular weight excluding hydrogens is 677 g/mol. The van der Waals surface area contributed by atoms with Crippen LogP contribution >= 0.6 is 0 Å². The second kappa shape index (κ2) is 13.8. The fourth-order valence-corrected chi connectivity index (χ4v) is 8.67. The van der Waals surface area contributed by atoms with Crippen molar-refractivity contribution in [3.8, 4) is 50.2 Å². The number of nitrogens with zero attached hydrogens (tertiary/aromatic N) is 1. The van der Waals surface area contributed by atoms with Crippen molar-refractivity contribution < 1.29 is 0 Å². The standard InChI is InChI=1S/C54H38N2/c1-2-14-51-50(35-55)49-34-41(29-30-52(49)56(51)44-21-4-3-5-22-44)39-18-12-17-38(31-39)40-19-13-20-42(33-40)53-45-23-8-10-25-47(45)54(48-26-11-9-24-46(48)53)43-28-27-36-15-6-7-16-37(36)32-43/h2-35,55H,1H3/b14-2-,55-35?. The van der Waals surface area contributed by atoms with E-state index in [-0.39, 0.29) is 0 Å². The van der Waals surface area contributed by atoms with Crippen LogP contribution in [0.2, 0.25) is 0 Å². The lowest BCUT2D eigenvalue weighted by atomic mass is 9.85. The summed E-state index contributed by atoms with van der Waals surface area (Å²) in [6.45, 7) is 2.03. The van der Waals surface area contributed by atoms with E-state index < -0.39 is 0 Å². The van der Waals surface area contributed by atoms with Crippen molar-refractivity contribution in [3.63, 3.8) is 0 Å². The smallest absolute Gasteiger partial charge is 0.0553 e. The molecule has 1 N–H and O–H groups in total. The van der Waals surface area contributed by atoms with E-state index in [1.54, 1.807) is 0 Å². The largest absolute Gasteiger partial charge is 0.309 e. The first kappa shape index (κ1) is 33.3. The van der Waals surface area contributed by atoms with Crippen LogP contribution < -0.4 is 0 Å². The number of aromatic nitrogens is 1. The predicted molar refractivity (Wildman–Crippen MR) is 240 cm³/mol. The highest BCUT2D eigenvalue weighted by molar-refractivity contribution is 6.22. The Morgan fingerprint density at radius 1 is 0.411 bits per heavy atom. The first-order chi connectivity index (χ1) is 27.7. The van der Waals surface area contributed by atoms with Crippen molar-refractivity contribution in [3.05, 3.63) is 205 Å². The zero-order valence-electron chi connectivity index (χ0n) is 31.1. The summed E-state index contributed by atoms with van der Waals surface area (Å²) in [5.41, 5.74) is 13.6. The number of nitrogens with one attached hydrogen (secondary N) is 1. The van der Waals surface area contributed by atoms with Gasteiger partial charge in [0.25, 0.3) is 0 Å². The van der Waals surface area contributed by atoms with Crippen LogP contribution in [0.3, 0.4) is 0 Å². The molecule has 0 aliphatic carbocycles. The summed E-state index contributed by atoms with van der Waals surface area (Å²) < 4.78 is 2.25. The van der Waals surface area contributed by atoms with Crippen molar-refractivity contribution in [2.24, 2.45) is 0 Å². The van der Waals surface area contributed by atoms with Crippen molar-refractivity contribution >= 4 is 55.5 Å². The summed E-state index contributed by atoms with van der Waals surface area (Å²) in [7, 11) is 0. The molecular formula is C54H38N2. The van der Waals surface area contributed by atoms with Crippen LogP contribution in [0.25, 0.3) is 99.5 Å². The molecule has 0 radical (unpaired) electrons. The molecule has 1 aromatic heterocycles. The summed E-state index contributed by atoms with van der Waals surface area (Å²) in [4.78, 5) is 0. The van der Waals surface area contributed by atoms with Gasteiger partial charge in [-0.25, -0.2) is 0 Å². The lowest BCUT2D eigenvalue weighted by molar-refractivity contribution is 1.10. The molecule has 0 atom stereocenters. The van der Waals surface area contributed by atoms with Gasteiger partial charge in [-0.15, -0.1) is 0 Å². The minimum Gasteiger partial charge on any atom is -0.309 e. The van der Waals surface area contributed by atoms with Gasteiger partial charge in [0.2, 0.25) is 0 Å². The van der Waals surface area contributed by atoms with E-state index in [0.29, 0.717) is 0 Å². The van der Waals surface area contributed by atoms with Crippen LogP contribution in [0.1, 0.15) is 18.2 Å². The Kier molecular flexibility index (Phi) is 8.23. The maximum Gasteiger partial charge on any atom is 0.0553 e. The van der Waals surface area contributed by atoms with Gasteiger partial charge >= 0.3 is 0 Å². The van der Waals surface area contributed by atoms with Crippen LogP contribution in [-0.2, 0) is 0 Å². The van der Waals surface area contributed by atoms with Gasteiger partial charge in [-0.1, -0.05) is 152 Å². The maximum absolute atomic E-state index is 8.45. The third-order valence-electron chi connectivity index (χ3n) is 11.2. The highest BCUT2D eigenvalue weighted by atomic mass is 15.0. The minimum absolute atomic E-state index is 0.916. The van der Waals surface area contributed by atoms with Crippen molar-refractivity contribution in [1.82, 2.24) is 4.57 Å². The molecule has 9 aromatic carbocycles. The average molecular weight is 715 g/mol. The van der Waals surface area contributed by atoms with Crippen molar-refractivity contribution in [2.75, 3.05) is 0 Å². The molecule has 0 amide bonds. The number of para-hydroxylation sites is 1. The normalized spacial score (nSPS) is 11.7. The minimum atomic E-state index is 0.916. The Hall–Kier alpha value is -7.29. The number of hydrogen-bond donors (Lipinski definition) is 1. The van der Waals surface area contributed by atoms with Crippen LogP contribution in [-0.4, -0.2) is 10.8 Å². The van der Waals surface area contributed by atoms with Gasteiger partial charge in [0, 0.05) is 22.9 Å². The Bertz CT molecular complexity index is 3110. The number of rotatable bonds is 7. The molecule has 0 fully saturated rings. The number of fused-ring (bicyclic) bond motifs is 4. The van der Waals surface area contributed by atoms with E-state index in [2.05, 4.69) is 193 Å². The zero-order valence-corrected chi connectivity index (χ0v) is 31.1.